The van der Waals surface area contributed by atoms with E-state index in [9.17, 15) is 8.42 Å². The number of hydrogen-bond acceptors (Lipinski definition) is 4. The second-order valence-corrected chi connectivity index (χ2v) is 9.93. The van der Waals surface area contributed by atoms with Gasteiger partial charge >= 0.3 is 0 Å². The number of likely N-dealkylation sites (tertiary alicyclic amines) is 1. The molecule has 0 spiro atoms. The maximum Gasteiger partial charge on any atom is 0.160 e. The van der Waals surface area contributed by atoms with Crippen molar-refractivity contribution in [2.75, 3.05) is 25.2 Å². The molecule has 5 heteroatoms. The van der Waals surface area contributed by atoms with Crippen LogP contribution >= 0.6 is 0 Å². The van der Waals surface area contributed by atoms with E-state index in [-0.39, 0.29) is 5.88 Å². The van der Waals surface area contributed by atoms with Crippen molar-refractivity contribution >= 4 is 15.5 Å². The maximum atomic E-state index is 11.6. The van der Waals surface area contributed by atoms with Gasteiger partial charge in [0.2, 0.25) is 0 Å². The van der Waals surface area contributed by atoms with E-state index in [2.05, 4.69) is 18.7 Å². The molecule has 126 valence electrons. The summed E-state index contributed by atoms with van der Waals surface area (Å²) < 4.78 is 23.3. The number of rotatable bonds is 4. The van der Waals surface area contributed by atoms with Crippen LogP contribution in [0.5, 0.6) is 0 Å². The summed E-state index contributed by atoms with van der Waals surface area (Å²) in [5.74, 6) is 2.93. The summed E-state index contributed by atoms with van der Waals surface area (Å²) in [6.07, 6.45) is 7.47. The zero-order valence-corrected chi connectivity index (χ0v) is 15.0. The van der Waals surface area contributed by atoms with E-state index in [1.807, 2.05) is 0 Å². The Labute approximate surface area is 135 Å². The largest absolute Gasteiger partial charge is 0.291 e. The first-order valence-electron chi connectivity index (χ1n) is 8.84. The molecule has 5 atom stereocenters. The van der Waals surface area contributed by atoms with Crippen LogP contribution in [0.2, 0.25) is 0 Å². The van der Waals surface area contributed by atoms with Gasteiger partial charge in [-0.3, -0.25) is 9.89 Å². The Morgan fingerprint density at radius 2 is 2.05 bits per heavy atom. The van der Waals surface area contributed by atoms with Gasteiger partial charge in [-0.15, -0.1) is 0 Å². The third kappa shape index (κ3) is 3.40. The molecule has 22 heavy (non-hydrogen) atoms. The van der Waals surface area contributed by atoms with Crippen LogP contribution in [0.4, 0.5) is 0 Å². The van der Waals surface area contributed by atoms with Crippen LogP contribution in [0.15, 0.2) is 4.99 Å². The van der Waals surface area contributed by atoms with Crippen LogP contribution < -0.4 is 0 Å². The van der Waals surface area contributed by atoms with Crippen molar-refractivity contribution in [2.24, 2.45) is 28.7 Å². The summed E-state index contributed by atoms with van der Waals surface area (Å²) in [6.45, 7) is 6.42. The summed E-state index contributed by atoms with van der Waals surface area (Å²) in [6, 6.07) is 0.485. The van der Waals surface area contributed by atoms with Crippen LogP contribution in [-0.2, 0) is 9.84 Å². The summed E-state index contributed by atoms with van der Waals surface area (Å²) in [5, 5.41) is 0. The van der Waals surface area contributed by atoms with E-state index >= 15 is 0 Å². The first kappa shape index (κ1) is 16.4. The number of aliphatic imine (C=N–C) groups is 1. The van der Waals surface area contributed by atoms with Crippen molar-refractivity contribution in [3.63, 3.8) is 0 Å². The molecule has 0 bridgehead atoms. The maximum absolute atomic E-state index is 11.6. The molecule has 2 fully saturated rings. The van der Waals surface area contributed by atoms with Gasteiger partial charge in [0, 0.05) is 37.0 Å². The number of nitrogens with zero attached hydrogens (tertiary/aromatic N) is 2. The molecule has 0 aromatic heterocycles. The van der Waals surface area contributed by atoms with Gasteiger partial charge in [-0.05, 0) is 50.4 Å². The van der Waals surface area contributed by atoms with E-state index in [0.29, 0.717) is 23.8 Å². The van der Waals surface area contributed by atoms with Gasteiger partial charge < -0.3 is 0 Å². The lowest BCUT2D eigenvalue weighted by Gasteiger charge is -2.43. The predicted octanol–water partition coefficient (Wildman–Crippen LogP) is 2.60. The molecular formula is C17H30N2O2S. The molecule has 0 radical (unpaired) electrons. The first-order chi connectivity index (χ1) is 10.4. The Morgan fingerprint density at radius 3 is 2.73 bits per heavy atom. The molecule has 1 aliphatic carbocycles. The highest BCUT2D eigenvalue weighted by Gasteiger charge is 2.47. The van der Waals surface area contributed by atoms with E-state index in [1.165, 1.54) is 37.7 Å². The Morgan fingerprint density at radius 1 is 1.27 bits per heavy atom. The van der Waals surface area contributed by atoms with Crippen LogP contribution in [0.3, 0.4) is 0 Å². The van der Waals surface area contributed by atoms with Crippen molar-refractivity contribution in [3.8, 4) is 0 Å². The van der Waals surface area contributed by atoms with Crippen molar-refractivity contribution in [3.05, 3.63) is 0 Å². The minimum atomic E-state index is -2.92. The topological polar surface area (TPSA) is 49.7 Å². The molecular weight excluding hydrogens is 296 g/mol. The average molecular weight is 327 g/mol. The number of sulfone groups is 1. The van der Waals surface area contributed by atoms with Gasteiger partial charge in [0.05, 0.1) is 0 Å². The first-order valence-corrected chi connectivity index (χ1v) is 10.9. The highest BCUT2D eigenvalue weighted by Crippen LogP contribution is 2.47. The van der Waals surface area contributed by atoms with Gasteiger partial charge in [-0.25, -0.2) is 8.42 Å². The third-order valence-electron chi connectivity index (χ3n) is 5.85. The molecule has 0 aromatic rings. The summed E-state index contributed by atoms with van der Waals surface area (Å²) in [7, 11) is -2.92. The molecule has 1 saturated heterocycles. The minimum absolute atomic E-state index is 0.229. The highest BCUT2D eigenvalue weighted by molar-refractivity contribution is 7.90. The lowest BCUT2D eigenvalue weighted by molar-refractivity contribution is 0.177. The molecule has 2 heterocycles. The fraction of sp³-hybridized carbons (Fsp3) is 0.941. The molecule has 4 nitrogen and oxygen atoms in total. The normalized spacial score (nSPS) is 39.2. The SMILES string of the molecule is CCCC1C2CCC(C)N=C2C[C@@H]2CN(CS(C)(=O)=O)C[C@@H]12. The summed E-state index contributed by atoms with van der Waals surface area (Å²) >= 11 is 0. The number of hydrogen-bond donors (Lipinski definition) is 0. The molecule has 2 aliphatic heterocycles. The van der Waals surface area contributed by atoms with Crippen molar-refractivity contribution in [1.29, 1.82) is 0 Å². The molecule has 0 amide bonds. The lowest BCUT2D eigenvalue weighted by Crippen LogP contribution is -2.42. The van der Waals surface area contributed by atoms with Crippen LogP contribution in [0.1, 0.15) is 46.0 Å². The van der Waals surface area contributed by atoms with E-state index in [0.717, 1.165) is 25.4 Å². The Balaban J connectivity index is 1.80. The van der Waals surface area contributed by atoms with Crippen LogP contribution in [-0.4, -0.2) is 50.3 Å². The molecule has 0 aromatic carbocycles. The second kappa shape index (κ2) is 6.23. The van der Waals surface area contributed by atoms with Gasteiger partial charge in [0.1, 0.15) is 5.88 Å². The second-order valence-electron chi connectivity index (χ2n) is 7.82. The Hall–Kier alpha value is -0.420. The highest BCUT2D eigenvalue weighted by atomic mass is 32.2. The van der Waals surface area contributed by atoms with E-state index in [1.54, 1.807) is 0 Å². The zero-order valence-electron chi connectivity index (χ0n) is 14.2. The van der Waals surface area contributed by atoms with E-state index < -0.39 is 9.84 Å². The Kier molecular flexibility index (Phi) is 4.66. The molecule has 0 N–H and O–H groups in total. The predicted molar refractivity (Wildman–Crippen MR) is 90.9 cm³/mol. The molecule has 3 unspecified atom stereocenters. The molecule has 1 saturated carbocycles. The van der Waals surface area contributed by atoms with Crippen LogP contribution in [0, 0.1) is 23.7 Å². The van der Waals surface area contributed by atoms with Crippen LogP contribution in [0.25, 0.3) is 0 Å². The molecule has 3 aliphatic rings. The lowest BCUT2D eigenvalue weighted by atomic mass is 9.63. The summed E-state index contributed by atoms with van der Waals surface area (Å²) in [5.41, 5.74) is 1.46. The smallest absolute Gasteiger partial charge is 0.160 e. The number of fused-ring (bicyclic) bond motifs is 2. The van der Waals surface area contributed by atoms with Gasteiger partial charge in [-0.1, -0.05) is 13.3 Å². The quantitative estimate of drug-likeness (QED) is 0.798. The summed E-state index contributed by atoms with van der Waals surface area (Å²) in [4.78, 5) is 7.15. The van der Waals surface area contributed by atoms with Crippen molar-refractivity contribution in [2.45, 2.75) is 52.0 Å². The fourth-order valence-corrected chi connectivity index (χ4v) is 6.01. The van der Waals surface area contributed by atoms with Gasteiger partial charge in [-0.2, -0.15) is 0 Å². The zero-order chi connectivity index (χ0) is 15.9. The minimum Gasteiger partial charge on any atom is -0.291 e. The third-order valence-corrected chi connectivity index (χ3v) is 6.69. The van der Waals surface area contributed by atoms with E-state index in [4.69, 9.17) is 4.99 Å². The van der Waals surface area contributed by atoms with Crippen molar-refractivity contribution in [1.82, 2.24) is 4.90 Å². The van der Waals surface area contributed by atoms with Gasteiger partial charge in [0.15, 0.2) is 9.84 Å². The molecule has 3 rings (SSSR count). The van der Waals surface area contributed by atoms with Gasteiger partial charge in [0.25, 0.3) is 0 Å². The Bertz CT molecular complexity index is 543. The monoisotopic (exact) mass is 326 g/mol. The fourth-order valence-electron chi connectivity index (χ4n) is 5.14. The standard InChI is InChI=1S/C17H30N2O2S/c1-4-5-14-15-7-6-12(2)18-17(15)8-13-9-19(10-16(13)14)11-22(3,20)21/h12-16H,4-11H2,1-3H3/t12?,13-,14?,15?,16-/m1/s1. The van der Waals surface area contributed by atoms with Crippen molar-refractivity contribution < 1.29 is 8.42 Å². The average Bonchev–Trinajstić information content (AvgIpc) is 2.78.